The van der Waals surface area contributed by atoms with E-state index >= 15 is 0 Å². The fourth-order valence-corrected chi connectivity index (χ4v) is 6.90. The van der Waals surface area contributed by atoms with Gasteiger partial charge in [-0.15, -0.1) is 12.4 Å². The number of amides is 1. The van der Waals surface area contributed by atoms with Crippen LogP contribution in [0.5, 0.6) is 5.75 Å². The fraction of sp³-hybridized carbons (Fsp3) is 0.400. The van der Waals surface area contributed by atoms with Gasteiger partial charge in [-0.1, -0.05) is 85.8 Å². The lowest BCUT2D eigenvalue weighted by atomic mass is 9.57. The highest BCUT2D eigenvalue weighted by Gasteiger charge is 2.51. The summed E-state index contributed by atoms with van der Waals surface area (Å²) < 4.78 is 0. The molecule has 2 N–H and O–H groups in total. The number of aryl methyl sites for hydroxylation is 1. The number of halogens is 1. The van der Waals surface area contributed by atoms with Gasteiger partial charge >= 0.3 is 0 Å². The zero-order valence-corrected chi connectivity index (χ0v) is 25.0. The van der Waals surface area contributed by atoms with E-state index in [1.54, 1.807) is 6.07 Å². The van der Waals surface area contributed by atoms with Crippen LogP contribution >= 0.6 is 12.4 Å². The van der Waals surface area contributed by atoms with E-state index in [4.69, 9.17) is 0 Å². The number of carbonyl (C=O) groups excluding carboxylic acids is 1. The summed E-state index contributed by atoms with van der Waals surface area (Å²) >= 11 is 0. The summed E-state index contributed by atoms with van der Waals surface area (Å²) in [6.07, 6.45) is 7.38. The minimum Gasteiger partial charge on any atom is -0.508 e. The summed E-state index contributed by atoms with van der Waals surface area (Å²) in [5.74, 6) is 0.762. The molecule has 0 unspecified atom stereocenters. The van der Waals surface area contributed by atoms with Crippen LogP contribution in [-0.2, 0) is 15.6 Å². The van der Waals surface area contributed by atoms with Gasteiger partial charge in [0.15, 0.2) is 0 Å². The van der Waals surface area contributed by atoms with E-state index in [2.05, 4.69) is 66.5 Å². The lowest BCUT2D eigenvalue weighted by Crippen LogP contribution is -2.62. The molecule has 1 saturated heterocycles. The number of piperidine rings is 1. The van der Waals surface area contributed by atoms with Crippen molar-refractivity contribution in [1.29, 1.82) is 0 Å². The molecule has 3 aromatic carbocycles. The second kappa shape index (κ2) is 12.2. The maximum absolute atomic E-state index is 13.7. The van der Waals surface area contributed by atoms with Gasteiger partial charge in [0.05, 0.1) is 5.41 Å². The molecule has 1 aliphatic heterocycles. The van der Waals surface area contributed by atoms with Crippen LogP contribution in [0.3, 0.4) is 0 Å². The molecule has 40 heavy (non-hydrogen) atoms. The van der Waals surface area contributed by atoms with Crippen molar-refractivity contribution in [2.75, 3.05) is 13.1 Å². The molecule has 2 aliphatic rings. The van der Waals surface area contributed by atoms with E-state index in [0.29, 0.717) is 17.7 Å². The number of benzene rings is 3. The van der Waals surface area contributed by atoms with Gasteiger partial charge in [-0.3, -0.25) is 9.69 Å². The van der Waals surface area contributed by atoms with Gasteiger partial charge < -0.3 is 10.4 Å². The molecule has 2 bridgehead atoms. The third-order valence-electron chi connectivity index (χ3n) is 9.38. The van der Waals surface area contributed by atoms with E-state index in [1.165, 1.54) is 16.7 Å². The number of carbonyl (C=O) groups is 1. The Kier molecular flexibility index (Phi) is 9.12. The SMILES string of the molecule is Cc1ccccc1/C=C/CN1C[C@H](C)[C@@]2(c3cccc(O)c3)C[C@H](NC(=O)C(C)(C)c3ccccc3)C[C@@H]1C2.Cl. The lowest BCUT2D eigenvalue weighted by molar-refractivity contribution is -0.127. The predicted molar refractivity (Wildman–Crippen MR) is 167 cm³/mol. The number of fused-ring (bicyclic) bond motifs is 2. The Bertz CT molecular complexity index is 1340. The second-order valence-electron chi connectivity index (χ2n) is 12.3. The molecular formula is C35H43ClN2O2. The Hall–Kier alpha value is -3.08. The second-order valence-corrected chi connectivity index (χ2v) is 12.3. The van der Waals surface area contributed by atoms with Crippen molar-refractivity contribution in [3.63, 3.8) is 0 Å². The van der Waals surface area contributed by atoms with Crippen LogP contribution in [0.1, 0.15) is 62.3 Å². The molecule has 1 saturated carbocycles. The molecular weight excluding hydrogens is 516 g/mol. The number of likely N-dealkylation sites (tertiary alicyclic amines) is 1. The Morgan fingerprint density at radius 3 is 2.50 bits per heavy atom. The smallest absolute Gasteiger partial charge is 0.230 e. The number of phenols is 1. The van der Waals surface area contributed by atoms with Crippen molar-refractivity contribution < 1.29 is 9.90 Å². The molecule has 212 valence electrons. The molecule has 3 aromatic rings. The van der Waals surface area contributed by atoms with Gasteiger partial charge in [0.25, 0.3) is 0 Å². The zero-order chi connectivity index (χ0) is 27.6. The molecule has 0 aromatic heterocycles. The van der Waals surface area contributed by atoms with E-state index in [9.17, 15) is 9.90 Å². The van der Waals surface area contributed by atoms with Gasteiger partial charge in [-0.25, -0.2) is 0 Å². The molecule has 5 rings (SSSR count). The fourth-order valence-electron chi connectivity index (χ4n) is 6.90. The van der Waals surface area contributed by atoms with Crippen LogP contribution in [0.15, 0.2) is 84.9 Å². The Morgan fingerprint density at radius 2 is 1.77 bits per heavy atom. The first-order chi connectivity index (χ1) is 18.7. The summed E-state index contributed by atoms with van der Waals surface area (Å²) in [6, 6.07) is 26.8. The first-order valence-corrected chi connectivity index (χ1v) is 14.3. The molecule has 5 heteroatoms. The van der Waals surface area contributed by atoms with E-state index in [1.807, 2.05) is 56.3 Å². The highest BCUT2D eigenvalue weighted by atomic mass is 35.5. The zero-order valence-electron chi connectivity index (χ0n) is 24.1. The average molecular weight is 559 g/mol. The summed E-state index contributed by atoms with van der Waals surface area (Å²) in [7, 11) is 0. The molecule has 0 radical (unpaired) electrons. The number of nitrogens with zero attached hydrogens (tertiary/aromatic N) is 1. The minimum absolute atomic E-state index is 0. The predicted octanol–water partition coefficient (Wildman–Crippen LogP) is 7.04. The molecule has 2 fully saturated rings. The Morgan fingerprint density at radius 1 is 1.05 bits per heavy atom. The van der Waals surface area contributed by atoms with E-state index < -0.39 is 5.41 Å². The van der Waals surface area contributed by atoms with Gasteiger partial charge in [0.1, 0.15) is 5.75 Å². The van der Waals surface area contributed by atoms with Crippen molar-refractivity contribution in [2.45, 2.75) is 69.9 Å². The number of hydrogen-bond acceptors (Lipinski definition) is 3. The van der Waals surface area contributed by atoms with Crippen LogP contribution in [0.2, 0.25) is 0 Å². The first-order valence-electron chi connectivity index (χ1n) is 14.3. The van der Waals surface area contributed by atoms with Crippen molar-refractivity contribution in [1.82, 2.24) is 10.2 Å². The number of rotatable bonds is 7. The number of nitrogens with one attached hydrogen (secondary N) is 1. The largest absolute Gasteiger partial charge is 0.508 e. The summed E-state index contributed by atoms with van der Waals surface area (Å²) in [6.45, 7) is 10.4. The highest BCUT2D eigenvalue weighted by Crippen LogP contribution is 2.50. The average Bonchev–Trinajstić information content (AvgIpc) is 2.93. The van der Waals surface area contributed by atoms with Crippen LogP contribution in [0.25, 0.3) is 6.08 Å². The third kappa shape index (κ3) is 5.99. The van der Waals surface area contributed by atoms with Crippen molar-refractivity contribution in [3.8, 4) is 5.75 Å². The summed E-state index contributed by atoms with van der Waals surface area (Å²) in [5, 5.41) is 13.9. The molecule has 0 spiro atoms. The van der Waals surface area contributed by atoms with E-state index in [0.717, 1.165) is 37.9 Å². The molecule has 4 atom stereocenters. The first kappa shape index (κ1) is 29.9. The van der Waals surface area contributed by atoms with Gasteiger partial charge in [0.2, 0.25) is 5.91 Å². The van der Waals surface area contributed by atoms with Crippen LogP contribution in [-0.4, -0.2) is 41.1 Å². The molecule has 1 aliphatic carbocycles. The normalized spacial score (nSPS) is 24.9. The van der Waals surface area contributed by atoms with Crippen LogP contribution < -0.4 is 5.32 Å². The number of phenolic OH excluding ortho intramolecular Hbond substituents is 1. The highest BCUT2D eigenvalue weighted by molar-refractivity contribution is 5.87. The Labute approximate surface area is 245 Å². The molecule has 4 nitrogen and oxygen atoms in total. The summed E-state index contributed by atoms with van der Waals surface area (Å²) in [5.41, 5.74) is 4.05. The Balaban J connectivity index is 0.00000370. The number of aromatic hydroxyl groups is 1. The lowest BCUT2D eigenvalue weighted by Gasteiger charge is -2.56. The van der Waals surface area contributed by atoms with Crippen molar-refractivity contribution >= 4 is 24.4 Å². The van der Waals surface area contributed by atoms with Gasteiger partial charge in [-0.05, 0) is 80.3 Å². The van der Waals surface area contributed by atoms with Gasteiger partial charge in [-0.2, -0.15) is 0 Å². The standard InChI is InChI=1S/C35H42N2O2.ClH/c1-25-12-8-9-13-27(25)14-11-19-37-24-26(2)35(29-17-10-18-32(38)20-29)22-30(21-31(37)23-35)36-33(39)34(3,4)28-15-6-5-7-16-28;/h5-18,20,26,30-31,38H,19,21-24H2,1-4H3,(H,36,39);1H/b14-11+;/t26-,30+,31+,35+;/m0./s1. The number of hydrogen-bond donors (Lipinski definition) is 2. The summed E-state index contributed by atoms with van der Waals surface area (Å²) in [4.78, 5) is 16.3. The topological polar surface area (TPSA) is 52.6 Å². The quantitative estimate of drug-likeness (QED) is 0.327. The van der Waals surface area contributed by atoms with E-state index in [-0.39, 0.29) is 29.8 Å². The van der Waals surface area contributed by atoms with Crippen molar-refractivity contribution in [3.05, 3.63) is 107 Å². The monoisotopic (exact) mass is 558 g/mol. The van der Waals surface area contributed by atoms with Gasteiger partial charge in [0, 0.05) is 30.6 Å². The van der Waals surface area contributed by atoms with Crippen LogP contribution in [0.4, 0.5) is 0 Å². The van der Waals surface area contributed by atoms with Crippen LogP contribution in [0, 0.1) is 12.8 Å². The third-order valence-corrected chi connectivity index (χ3v) is 9.38. The maximum Gasteiger partial charge on any atom is 0.230 e. The van der Waals surface area contributed by atoms with Crippen molar-refractivity contribution in [2.24, 2.45) is 5.92 Å². The molecule has 1 amide bonds. The minimum atomic E-state index is -0.617. The molecule has 1 heterocycles. The maximum atomic E-state index is 13.7.